The maximum atomic E-state index is 11.9. The van der Waals surface area contributed by atoms with Crippen LogP contribution in [0.3, 0.4) is 0 Å². The first-order valence-corrected chi connectivity index (χ1v) is 8.37. The number of hydrogen-bond donors (Lipinski definition) is 0. The zero-order chi connectivity index (χ0) is 16.3. The molecule has 0 radical (unpaired) electrons. The van der Waals surface area contributed by atoms with Crippen molar-refractivity contribution >= 4 is 40.4 Å². The molecule has 4 nitrogen and oxygen atoms in total. The molecule has 2 rings (SSSR count). The normalized spacial score (nSPS) is 13.5. The Bertz CT molecular complexity index is 728. The van der Waals surface area contributed by atoms with E-state index in [9.17, 15) is 4.21 Å². The maximum absolute atomic E-state index is 11.9. The Morgan fingerprint density at radius 3 is 2.50 bits per heavy atom. The van der Waals surface area contributed by atoms with Crippen molar-refractivity contribution in [3.8, 4) is 11.3 Å². The fourth-order valence-electron chi connectivity index (χ4n) is 1.56. The van der Waals surface area contributed by atoms with Gasteiger partial charge in [0, 0.05) is 29.7 Å². The molecule has 0 amide bonds. The van der Waals surface area contributed by atoms with Gasteiger partial charge >= 0.3 is 0 Å². The highest BCUT2D eigenvalue weighted by Gasteiger charge is 2.18. The minimum absolute atomic E-state index is 0.347. The van der Waals surface area contributed by atoms with Crippen molar-refractivity contribution in [1.29, 1.82) is 0 Å². The van der Waals surface area contributed by atoms with E-state index in [0.29, 0.717) is 26.9 Å². The summed E-state index contributed by atoms with van der Waals surface area (Å²) < 4.78 is 15.6. The van der Waals surface area contributed by atoms with Gasteiger partial charge in [0.2, 0.25) is 0 Å². The Morgan fingerprint density at radius 2 is 1.91 bits per heavy atom. The van der Waals surface area contributed by atoms with Gasteiger partial charge in [-0.15, -0.1) is 0 Å². The summed E-state index contributed by atoms with van der Waals surface area (Å²) in [7, 11) is -1.35. The lowest BCUT2D eigenvalue weighted by Crippen LogP contribution is -2.19. The van der Waals surface area contributed by atoms with Gasteiger partial charge < -0.3 is 0 Å². The van der Waals surface area contributed by atoms with Crippen molar-refractivity contribution in [2.75, 3.05) is 0 Å². The lowest BCUT2D eigenvalue weighted by Gasteiger charge is -2.13. The van der Waals surface area contributed by atoms with Crippen molar-refractivity contribution in [1.82, 2.24) is 9.97 Å². The van der Waals surface area contributed by atoms with Crippen LogP contribution in [0.5, 0.6) is 0 Å². The van der Waals surface area contributed by atoms with Gasteiger partial charge in [0.05, 0.1) is 26.7 Å². The molecule has 0 saturated carbocycles. The predicted octanol–water partition coefficient (Wildman–Crippen LogP) is 4.33. The number of benzene rings is 1. The highest BCUT2D eigenvalue weighted by molar-refractivity contribution is 7.85. The van der Waals surface area contributed by atoms with Crippen molar-refractivity contribution in [2.24, 2.45) is 4.40 Å². The summed E-state index contributed by atoms with van der Waals surface area (Å²) in [6.07, 6.45) is 6.26. The van der Waals surface area contributed by atoms with E-state index in [-0.39, 0.29) is 0 Å². The molecule has 1 atom stereocenters. The quantitative estimate of drug-likeness (QED) is 0.769. The number of hydrogen-bond acceptors (Lipinski definition) is 3. The van der Waals surface area contributed by atoms with E-state index >= 15 is 0 Å². The average Bonchev–Trinajstić information content (AvgIpc) is 2.48. The number of aromatic nitrogens is 2. The molecule has 1 unspecified atom stereocenters. The molecular weight excluding hydrogens is 341 g/mol. The molecule has 0 saturated heterocycles. The van der Waals surface area contributed by atoms with Gasteiger partial charge in [0.1, 0.15) is 11.0 Å². The van der Waals surface area contributed by atoms with Crippen LogP contribution in [0.25, 0.3) is 11.3 Å². The molecule has 0 aliphatic heterocycles. The van der Waals surface area contributed by atoms with E-state index in [1.807, 2.05) is 20.8 Å². The van der Waals surface area contributed by atoms with Gasteiger partial charge in [0.15, 0.2) is 0 Å². The molecule has 22 heavy (non-hydrogen) atoms. The van der Waals surface area contributed by atoms with E-state index in [4.69, 9.17) is 23.2 Å². The lowest BCUT2D eigenvalue weighted by molar-refractivity contribution is 0.651. The standard InChI is InChI=1S/C15H15Cl2N3OS/c1-15(2,3)22(21)20-8-10-4-5-11(14(17)13(10)16)12-9-18-6-7-19-12/h4-9H,1-3H3/b20-8+. The fraction of sp³-hybridized carbons (Fsp3) is 0.267. The second-order valence-corrected chi connectivity index (χ2v) is 8.21. The van der Waals surface area contributed by atoms with Crippen LogP contribution in [0, 0.1) is 0 Å². The molecule has 0 N–H and O–H groups in total. The molecule has 2 aromatic rings. The summed E-state index contributed by atoms with van der Waals surface area (Å²) in [4.78, 5) is 8.21. The fourth-order valence-corrected chi connectivity index (χ4v) is 2.57. The van der Waals surface area contributed by atoms with Crippen molar-refractivity contribution in [2.45, 2.75) is 25.5 Å². The third-order valence-corrected chi connectivity index (χ3v) is 5.00. The highest BCUT2D eigenvalue weighted by atomic mass is 35.5. The molecule has 0 spiro atoms. The van der Waals surface area contributed by atoms with Crippen molar-refractivity contribution < 1.29 is 4.21 Å². The van der Waals surface area contributed by atoms with Crippen LogP contribution in [0.1, 0.15) is 26.3 Å². The highest BCUT2D eigenvalue weighted by Crippen LogP contribution is 2.34. The van der Waals surface area contributed by atoms with Gasteiger partial charge in [-0.25, -0.2) is 4.21 Å². The van der Waals surface area contributed by atoms with Crippen LogP contribution in [0.2, 0.25) is 10.0 Å². The molecule has 0 fully saturated rings. The van der Waals surface area contributed by atoms with Crippen LogP contribution in [-0.4, -0.2) is 25.1 Å². The SMILES string of the molecule is CC(C)(C)S(=O)/N=C/c1ccc(-c2cnccn2)c(Cl)c1Cl. The summed E-state index contributed by atoms with van der Waals surface area (Å²) in [6.45, 7) is 5.56. The van der Waals surface area contributed by atoms with Gasteiger partial charge in [0.25, 0.3) is 0 Å². The minimum Gasteiger partial charge on any atom is -0.261 e. The summed E-state index contributed by atoms with van der Waals surface area (Å²) in [5.41, 5.74) is 1.93. The van der Waals surface area contributed by atoms with E-state index in [1.165, 1.54) is 6.21 Å². The zero-order valence-electron chi connectivity index (χ0n) is 12.4. The van der Waals surface area contributed by atoms with Gasteiger partial charge in [-0.2, -0.15) is 4.40 Å². The summed E-state index contributed by atoms with van der Waals surface area (Å²) in [5, 5.41) is 0.715. The smallest absolute Gasteiger partial charge is 0.144 e. The second-order valence-electron chi connectivity index (χ2n) is 5.52. The molecule has 0 bridgehead atoms. The summed E-state index contributed by atoms with van der Waals surface area (Å²) in [6, 6.07) is 3.56. The van der Waals surface area contributed by atoms with E-state index < -0.39 is 15.7 Å². The molecular formula is C15H15Cl2N3OS. The third kappa shape index (κ3) is 3.91. The third-order valence-electron chi connectivity index (χ3n) is 2.76. The van der Waals surface area contributed by atoms with E-state index in [2.05, 4.69) is 14.4 Å². The summed E-state index contributed by atoms with van der Waals surface area (Å²) in [5.74, 6) is 0. The summed E-state index contributed by atoms with van der Waals surface area (Å²) >= 11 is 12.6. The van der Waals surface area contributed by atoms with Crippen molar-refractivity contribution in [3.05, 3.63) is 46.3 Å². The molecule has 1 aromatic carbocycles. The number of halogens is 2. The Hall–Kier alpha value is -1.30. The molecule has 0 aliphatic rings. The van der Waals surface area contributed by atoms with Crippen LogP contribution < -0.4 is 0 Å². The molecule has 0 aliphatic carbocycles. The first-order chi connectivity index (χ1) is 10.3. The van der Waals surface area contributed by atoms with Crippen LogP contribution in [0.15, 0.2) is 35.1 Å². The molecule has 7 heteroatoms. The zero-order valence-corrected chi connectivity index (χ0v) is 14.7. The van der Waals surface area contributed by atoms with Gasteiger partial charge in [-0.05, 0) is 20.8 Å². The van der Waals surface area contributed by atoms with Crippen molar-refractivity contribution in [3.63, 3.8) is 0 Å². The Balaban J connectivity index is 2.36. The van der Waals surface area contributed by atoms with Crippen LogP contribution >= 0.6 is 23.2 Å². The number of rotatable bonds is 3. The molecule has 116 valence electrons. The first-order valence-electron chi connectivity index (χ1n) is 6.51. The largest absolute Gasteiger partial charge is 0.261 e. The van der Waals surface area contributed by atoms with E-state index in [0.717, 1.165) is 0 Å². The Labute approximate surface area is 142 Å². The van der Waals surface area contributed by atoms with Gasteiger partial charge in [-0.3, -0.25) is 9.97 Å². The second kappa shape index (κ2) is 6.86. The average molecular weight is 356 g/mol. The Morgan fingerprint density at radius 1 is 1.18 bits per heavy atom. The molecule has 1 heterocycles. The lowest BCUT2D eigenvalue weighted by atomic mass is 10.1. The first kappa shape index (κ1) is 17.1. The van der Waals surface area contributed by atoms with E-state index in [1.54, 1.807) is 30.7 Å². The molecule has 1 aromatic heterocycles. The number of nitrogens with zero attached hydrogens (tertiary/aromatic N) is 3. The topological polar surface area (TPSA) is 55.2 Å². The Kier molecular flexibility index (Phi) is 5.32. The predicted molar refractivity (Wildman–Crippen MR) is 93.0 cm³/mol. The van der Waals surface area contributed by atoms with Crippen LogP contribution in [-0.2, 0) is 11.0 Å². The monoisotopic (exact) mass is 355 g/mol. The van der Waals surface area contributed by atoms with Gasteiger partial charge in [-0.1, -0.05) is 35.3 Å². The van der Waals surface area contributed by atoms with Crippen LogP contribution in [0.4, 0.5) is 0 Å². The maximum Gasteiger partial charge on any atom is 0.144 e. The minimum atomic E-state index is -1.35.